The first-order chi connectivity index (χ1) is 11.0. The summed E-state index contributed by atoms with van der Waals surface area (Å²) in [4.78, 5) is 13.6. The molecular formula is C17H15Cl2NO2S. The number of hydrogen-bond acceptors (Lipinski definition) is 3. The minimum atomic E-state index is -0.802. The van der Waals surface area contributed by atoms with Crippen molar-refractivity contribution in [3.63, 3.8) is 0 Å². The van der Waals surface area contributed by atoms with Crippen LogP contribution in [0.1, 0.15) is 16.5 Å². The predicted molar refractivity (Wildman–Crippen MR) is 95.1 cm³/mol. The number of thioether (sulfide) groups is 1. The van der Waals surface area contributed by atoms with Crippen LogP contribution in [-0.2, 0) is 11.3 Å². The van der Waals surface area contributed by atoms with E-state index in [1.807, 2.05) is 53.4 Å². The smallest absolute Gasteiger partial charge is 0.321 e. The summed E-state index contributed by atoms with van der Waals surface area (Å²) in [5.74, 6) is -0.253. The van der Waals surface area contributed by atoms with Gasteiger partial charge in [0.05, 0.1) is 5.37 Å². The number of carboxylic acids is 1. The van der Waals surface area contributed by atoms with Gasteiger partial charge < -0.3 is 5.11 Å². The third-order valence-corrected chi connectivity index (χ3v) is 5.62. The van der Waals surface area contributed by atoms with Crippen LogP contribution in [0, 0.1) is 0 Å². The van der Waals surface area contributed by atoms with Gasteiger partial charge in [0, 0.05) is 22.3 Å². The summed E-state index contributed by atoms with van der Waals surface area (Å²) >= 11 is 13.8. The zero-order valence-corrected chi connectivity index (χ0v) is 14.5. The summed E-state index contributed by atoms with van der Waals surface area (Å²) in [6.07, 6.45) is 0. The van der Waals surface area contributed by atoms with Crippen molar-refractivity contribution in [2.75, 3.05) is 5.75 Å². The highest BCUT2D eigenvalue weighted by atomic mass is 35.5. The quantitative estimate of drug-likeness (QED) is 0.850. The highest BCUT2D eigenvalue weighted by molar-refractivity contribution is 7.99. The van der Waals surface area contributed by atoms with Gasteiger partial charge in [-0.2, -0.15) is 0 Å². The maximum absolute atomic E-state index is 11.6. The first-order valence-corrected chi connectivity index (χ1v) is 8.95. The SMILES string of the molecule is O=C(O)C1CSC(c2cccc(Cl)c2)N1Cc1cccc(Cl)c1. The van der Waals surface area contributed by atoms with Gasteiger partial charge in [-0.05, 0) is 35.4 Å². The molecule has 120 valence electrons. The van der Waals surface area contributed by atoms with E-state index in [0.717, 1.165) is 11.1 Å². The van der Waals surface area contributed by atoms with Crippen LogP contribution >= 0.6 is 35.0 Å². The van der Waals surface area contributed by atoms with Crippen LogP contribution in [-0.4, -0.2) is 27.8 Å². The lowest BCUT2D eigenvalue weighted by Crippen LogP contribution is -2.38. The zero-order valence-electron chi connectivity index (χ0n) is 12.2. The lowest BCUT2D eigenvalue weighted by atomic mass is 10.1. The second-order valence-corrected chi connectivity index (χ2v) is 7.38. The van der Waals surface area contributed by atoms with Gasteiger partial charge in [0.25, 0.3) is 0 Å². The van der Waals surface area contributed by atoms with Crippen LogP contribution < -0.4 is 0 Å². The summed E-state index contributed by atoms with van der Waals surface area (Å²) < 4.78 is 0. The molecule has 2 aromatic rings. The molecule has 2 aromatic carbocycles. The summed E-state index contributed by atoms with van der Waals surface area (Å²) in [7, 11) is 0. The number of benzene rings is 2. The van der Waals surface area contributed by atoms with Crippen LogP contribution in [0.15, 0.2) is 48.5 Å². The second kappa shape index (κ2) is 7.14. The average Bonchev–Trinajstić information content (AvgIpc) is 2.91. The van der Waals surface area contributed by atoms with E-state index >= 15 is 0 Å². The zero-order chi connectivity index (χ0) is 16.4. The van der Waals surface area contributed by atoms with Crippen molar-refractivity contribution in [1.29, 1.82) is 0 Å². The lowest BCUT2D eigenvalue weighted by molar-refractivity contribution is -0.142. The summed E-state index contributed by atoms with van der Waals surface area (Å²) in [6, 6.07) is 14.6. The van der Waals surface area contributed by atoms with Crippen LogP contribution in [0.5, 0.6) is 0 Å². The Kier molecular flexibility index (Phi) is 5.17. The number of carboxylic acid groups (broad SMARTS) is 1. The molecule has 0 saturated carbocycles. The molecule has 23 heavy (non-hydrogen) atoms. The molecule has 3 nitrogen and oxygen atoms in total. The summed E-state index contributed by atoms with van der Waals surface area (Å²) in [5, 5.41) is 10.8. The standard InChI is InChI=1S/C17H15Cl2NO2S/c18-13-5-1-3-11(7-13)9-20-15(17(21)22)10-23-16(20)12-4-2-6-14(19)8-12/h1-8,15-16H,9-10H2,(H,21,22). The molecule has 6 heteroatoms. The van der Waals surface area contributed by atoms with Crippen LogP contribution in [0.4, 0.5) is 0 Å². The van der Waals surface area contributed by atoms with Gasteiger partial charge in [0.2, 0.25) is 0 Å². The first kappa shape index (κ1) is 16.7. The summed E-state index contributed by atoms with van der Waals surface area (Å²) in [5.41, 5.74) is 2.02. The van der Waals surface area contributed by atoms with Crippen LogP contribution in [0.3, 0.4) is 0 Å². The number of nitrogens with zero attached hydrogens (tertiary/aromatic N) is 1. The van der Waals surface area contributed by atoms with Crippen molar-refractivity contribution in [3.05, 3.63) is 69.7 Å². The van der Waals surface area contributed by atoms with Crippen molar-refractivity contribution in [2.24, 2.45) is 0 Å². The molecule has 1 fully saturated rings. The second-order valence-electron chi connectivity index (χ2n) is 5.40. The highest BCUT2D eigenvalue weighted by Crippen LogP contribution is 2.42. The molecule has 0 radical (unpaired) electrons. The fourth-order valence-corrected chi connectivity index (χ4v) is 4.60. The van der Waals surface area contributed by atoms with E-state index < -0.39 is 12.0 Å². The van der Waals surface area contributed by atoms with Crippen molar-refractivity contribution in [2.45, 2.75) is 18.0 Å². The van der Waals surface area contributed by atoms with Gasteiger partial charge in [-0.1, -0.05) is 47.5 Å². The average molecular weight is 368 g/mol. The molecule has 1 heterocycles. The predicted octanol–water partition coefficient (Wildman–Crippen LogP) is 4.69. The molecular weight excluding hydrogens is 353 g/mol. The number of aliphatic carboxylic acids is 1. The fourth-order valence-electron chi connectivity index (χ4n) is 2.74. The normalized spacial score (nSPS) is 21.5. The third kappa shape index (κ3) is 3.83. The Morgan fingerprint density at radius 1 is 1.17 bits per heavy atom. The molecule has 2 atom stereocenters. The van der Waals surface area contributed by atoms with Crippen molar-refractivity contribution < 1.29 is 9.90 Å². The van der Waals surface area contributed by atoms with Gasteiger partial charge in [-0.25, -0.2) is 0 Å². The van der Waals surface area contributed by atoms with E-state index in [1.54, 1.807) is 11.8 Å². The molecule has 0 spiro atoms. The topological polar surface area (TPSA) is 40.5 Å². The van der Waals surface area contributed by atoms with Gasteiger partial charge in [-0.3, -0.25) is 9.69 Å². The van der Waals surface area contributed by atoms with Crippen molar-refractivity contribution in [3.8, 4) is 0 Å². The Morgan fingerprint density at radius 3 is 2.52 bits per heavy atom. The number of carbonyl (C=O) groups is 1. The van der Waals surface area contributed by atoms with Crippen LogP contribution in [0.25, 0.3) is 0 Å². The highest BCUT2D eigenvalue weighted by Gasteiger charge is 2.39. The maximum atomic E-state index is 11.6. The van der Waals surface area contributed by atoms with Gasteiger partial charge in [-0.15, -0.1) is 11.8 Å². The Balaban J connectivity index is 1.91. The molecule has 0 aromatic heterocycles. The number of halogens is 2. The molecule has 3 rings (SSSR count). The monoisotopic (exact) mass is 367 g/mol. The van der Waals surface area contributed by atoms with E-state index in [4.69, 9.17) is 23.2 Å². The molecule has 0 bridgehead atoms. The number of rotatable bonds is 4. The molecule has 1 aliphatic rings. The number of hydrogen-bond donors (Lipinski definition) is 1. The van der Waals surface area contributed by atoms with Gasteiger partial charge in [0.1, 0.15) is 6.04 Å². The molecule has 1 aliphatic heterocycles. The van der Waals surface area contributed by atoms with E-state index in [0.29, 0.717) is 22.3 Å². The Bertz CT molecular complexity index is 725. The third-order valence-electron chi connectivity index (χ3n) is 3.79. The van der Waals surface area contributed by atoms with E-state index in [9.17, 15) is 9.90 Å². The fraction of sp³-hybridized carbons (Fsp3) is 0.235. The van der Waals surface area contributed by atoms with E-state index in [-0.39, 0.29) is 5.37 Å². The van der Waals surface area contributed by atoms with Crippen molar-refractivity contribution >= 4 is 40.9 Å². The van der Waals surface area contributed by atoms with E-state index in [2.05, 4.69) is 0 Å². The van der Waals surface area contributed by atoms with Gasteiger partial charge >= 0.3 is 5.97 Å². The lowest BCUT2D eigenvalue weighted by Gasteiger charge is -2.27. The Morgan fingerprint density at radius 2 is 1.87 bits per heavy atom. The minimum Gasteiger partial charge on any atom is -0.480 e. The largest absolute Gasteiger partial charge is 0.480 e. The van der Waals surface area contributed by atoms with Crippen molar-refractivity contribution in [1.82, 2.24) is 4.90 Å². The minimum absolute atomic E-state index is 0.0335. The first-order valence-electron chi connectivity index (χ1n) is 7.14. The molecule has 0 aliphatic carbocycles. The molecule has 0 amide bonds. The molecule has 2 unspecified atom stereocenters. The maximum Gasteiger partial charge on any atom is 0.321 e. The Labute approximate surface area is 149 Å². The van der Waals surface area contributed by atoms with Crippen LogP contribution in [0.2, 0.25) is 10.0 Å². The van der Waals surface area contributed by atoms with Gasteiger partial charge in [0.15, 0.2) is 0 Å². The summed E-state index contributed by atoms with van der Waals surface area (Å²) in [6.45, 7) is 0.529. The molecule has 1 N–H and O–H groups in total. The van der Waals surface area contributed by atoms with E-state index in [1.165, 1.54) is 0 Å². The molecule has 1 saturated heterocycles. The Hall–Kier alpha value is -1.20.